The summed E-state index contributed by atoms with van der Waals surface area (Å²) in [4.78, 5) is 23.7. The Kier molecular flexibility index (Phi) is 8.32. The molecule has 2 aromatic heterocycles. The normalized spacial score (nSPS) is 11.0. The van der Waals surface area contributed by atoms with E-state index in [1.54, 1.807) is 24.3 Å². The molecule has 10 heteroatoms. The van der Waals surface area contributed by atoms with Crippen LogP contribution in [0.5, 0.6) is 17.2 Å². The quantitative estimate of drug-likeness (QED) is 0.117. The number of methoxy groups -OCH3 is 1. The van der Waals surface area contributed by atoms with Gasteiger partial charge in [0.05, 0.1) is 17.8 Å². The molecule has 0 radical (unpaired) electrons. The van der Waals surface area contributed by atoms with Crippen LogP contribution in [0.25, 0.3) is 5.69 Å². The molecule has 1 amide bonds. The fourth-order valence-electron chi connectivity index (χ4n) is 3.78. The van der Waals surface area contributed by atoms with Crippen LogP contribution in [0.2, 0.25) is 0 Å². The Morgan fingerprint density at radius 3 is 2.42 bits per heavy atom. The molecule has 0 aliphatic rings. The predicted octanol–water partition coefficient (Wildman–Crippen LogP) is 5.73. The Hall–Kier alpha value is -4.31. The minimum absolute atomic E-state index is 0.0959. The molecule has 0 aliphatic heterocycles. The summed E-state index contributed by atoms with van der Waals surface area (Å²) in [5.41, 5.74) is 6.40. The maximum absolute atomic E-state index is 12.4. The molecular weight excluding hydrogens is 554 g/mol. The molecule has 38 heavy (non-hydrogen) atoms. The number of furan rings is 1. The third kappa shape index (κ3) is 6.33. The Morgan fingerprint density at radius 1 is 1.05 bits per heavy atom. The van der Waals surface area contributed by atoms with Gasteiger partial charge in [-0.1, -0.05) is 0 Å². The molecule has 2 heterocycles. The van der Waals surface area contributed by atoms with Crippen molar-refractivity contribution in [3.05, 3.63) is 93.6 Å². The van der Waals surface area contributed by atoms with Crippen molar-refractivity contribution in [3.63, 3.8) is 0 Å². The van der Waals surface area contributed by atoms with Gasteiger partial charge in [0.1, 0.15) is 18.1 Å². The Bertz CT molecular complexity index is 1470. The number of aryl methyl sites for hydroxylation is 2. The number of hydrazone groups is 1. The van der Waals surface area contributed by atoms with Gasteiger partial charge in [-0.15, -0.1) is 0 Å². The average molecular weight is 580 g/mol. The lowest BCUT2D eigenvalue weighted by atomic mass is 10.2. The van der Waals surface area contributed by atoms with Gasteiger partial charge >= 0.3 is 11.9 Å². The highest BCUT2D eigenvalue weighted by Gasteiger charge is 2.14. The van der Waals surface area contributed by atoms with Crippen LogP contribution in [0.1, 0.15) is 40.2 Å². The van der Waals surface area contributed by atoms with Crippen LogP contribution in [0, 0.1) is 13.8 Å². The summed E-state index contributed by atoms with van der Waals surface area (Å²) in [7, 11) is 1.45. The lowest BCUT2D eigenvalue weighted by Gasteiger charge is -2.11. The molecule has 0 atom stereocenters. The Morgan fingerprint density at radius 2 is 1.76 bits per heavy atom. The van der Waals surface area contributed by atoms with Crippen molar-refractivity contribution in [1.82, 2.24) is 9.99 Å². The molecule has 0 aliphatic carbocycles. The maximum Gasteiger partial charge on any atom is 0.308 e. The second kappa shape index (κ2) is 11.8. The number of carbonyl (C=O) groups excluding carboxylic acids is 2. The van der Waals surface area contributed by atoms with Gasteiger partial charge in [-0.3, -0.25) is 9.59 Å². The summed E-state index contributed by atoms with van der Waals surface area (Å²) in [6.45, 7) is 5.59. The van der Waals surface area contributed by atoms with Crippen LogP contribution in [0.3, 0.4) is 0 Å². The third-order valence-electron chi connectivity index (χ3n) is 5.51. The van der Waals surface area contributed by atoms with Crippen molar-refractivity contribution in [3.8, 4) is 22.9 Å². The molecule has 4 aromatic rings. The summed E-state index contributed by atoms with van der Waals surface area (Å²) in [6.07, 6.45) is 1.43. The number of rotatable bonds is 9. The van der Waals surface area contributed by atoms with Crippen LogP contribution >= 0.6 is 15.9 Å². The van der Waals surface area contributed by atoms with E-state index in [4.69, 9.17) is 18.6 Å². The van der Waals surface area contributed by atoms with Gasteiger partial charge in [0.15, 0.2) is 17.3 Å². The summed E-state index contributed by atoms with van der Waals surface area (Å²) >= 11 is 3.34. The SMILES string of the molecule is COc1cc(/C=N/NC(=O)c2ccc(COc3ccc(-n4c(C)ccc4C)cc3)o2)cc(Br)c1OC(C)=O. The minimum Gasteiger partial charge on any atom is -0.493 e. The second-order valence-corrected chi connectivity index (χ2v) is 9.18. The molecule has 9 nitrogen and oxygen atoms in total. The number of carbonyl (C=O) groups is 2. The summed E-state index contributed by atoms with van der Waals surface area (Å²) < 4.78 is 24.5. The number of hydrogen-bond donors (Lipinski definition) is 1. The van der Waals surface area contributed by atoms with E-state index in [1.807, 2.05) is 24.3 Å². The molecule has 0 unspecified atom stereocenters. The molecule has 0 bridgehead atoms. The largest absolute Gasteiger partial charge is 0.493 e. The van der Waals surface area contributed by atoms with E-state index in [0.29, 0.717) is 27.3 Å². The van der Waals surface area contributed by atoms with Gasteiger partial charge < -0.3 is 23.2 Å². The second-order valence-electron chi connectivity index (χ2n) is 8.33. The predicted molar refractivity (Wildman–Crippen MR) is 145 cm³/mol. The smallest absolute Gasteiger partial charge is 0.308 e. The van der Waals surface area contributed by atoms with E-state index in [1.165, 1.54) is 20.2 Å². The van der Waals surface area contributed by atoms with Gasteiger partial charge in [-0.25, -0.2) is 5.43 Å². The van der Waals surface area contributed by atoms with Gasteiger partial charge in [-0.2, -0.15) is 5.10 Å². The summed E-state index contributed by atoms with van der Waals surface area (Å²) in [6, 6.07) is 18.5. The van der Waals surface area contributed by atoms with Crippen molar-refractivity contribution < 1.29 is 28.2 Å². The van der Waals surface area contributed by atoms with Gasteiger partial charge in [0.2, 0.25) is 0 Å². The van der Waals surface area contributed by atoms with Crippen molar-refractivity contribution in [2.24, 2.45) is 5.10 Å². The molecule has 2 aromatic carbocycles. The highest BCUT2D eigenvalue weighted by Crippen LogP contribution is 2.36. The van der Waals surface area contributed by atoms with E-state index in [-0.39, 0.29) is 18.1 Å². The lowest BCUT2D eigenvalue weighted by molar-refractivity contribution is -0.132. The van der Waals surface area contributed by atoms with Crippen LogP contribution in [0.15, 0.2) is 74.7 Å². The zero-order valence-corrected chi connectivity index (χ0v) is 22.9. The van der Waals surface area contributed by atoms with Crippen molar-refractivity contribution in [2.75, 3.05) is 7.11 Å². The lowest BCUT2D eigenvalue weighted by Crippen LogP contribution is -2.16. The van der Waals surface area contributed by atoms with Crippen LogP contribution in [0.4, 0.5) is 0 Å². The molecule has 0 saturated heterocycles. The van der Waals surface area contributed by atoms with Crippen molar-refractivity contribution in [1.29, 1.82) is 0 Å². The third-order valence-corrected chi connectivity index (χ3v) is 6.10. The zero-order chi connectivity index (χ0) is 27.2. The molecule has 4 rings (SSSR count). The van der Waals surface area contributed by atoms with E-state index < -0.39 is 11.9 Å². The van der Waals surface area contributed by atoms with E-state index in [2.05, 4.69) is 57.0 Å². The molecular formula is C28H26BrN3O6. The number of benzene rings is 2. The molecule has 0 saturated carbocycles. The number of ether oxygens (including phenoxy) is 3. The van der Waals surface area contributed by atoms with Crippen LogP contribution in [-0.4, -0.2) is 29.8 Å². The van der Waals surface area contributed by atoms with Gasteiger partial charge in [0.25, 0.3) is 0 Å². The first-order chi connectivity index (χ1) is 18.2. The number of aromatic nitrogens is 1. The molecule has 0 spiro atoms. The number of nitrogens with one attached hydrogen (secondary N) is 1. The average Bonchev–Trinajstić information content (AvgIpc) is 3.50. The van der Waals surface area contributed by atoms with Gasteiger partial charge in [-0.05, 0) is 96.0 Å². The molecule has 196 valence electrons. The van der Waals surface area contributed by atoms with E-state index in [0.717, 1.165) is 17.1 Å². The highest BCUT2D eigenvalue weighted by atomic mass is 79.9. The fraction of sp³-hybridized carbons (Fsp3) is 0.179. The van der Waals surface area contributed by atoms with Crippen LogP contribution < -0.4 is 19.6 Å². The topological polar surface area (TPSA) is 104 Å². The summed E-state index contributed by atoms with van der Waals surface area (Å²) in [5, 5.41) is 3.97. The van der Waals surface area contributed by atoms with Crippen molar-refractivity contribution in [2.45, 2.75) is 27.4 Å². The standard InChI is InChI=1S/C28H26BrN3O6/c1-17-5-6-18(2)32(17)21-7-9-22(10-8-21)36-16-23-11-12-25(38-23)28(34)31-30-15-20-13-24(29)27(37-19(3)33)26(14-20)35-4/h5-15H,16H2,1-4H3,(H,31,34)/b30-15+. The Balaban J connectivity index is 1.33. The monoisotopic (exact) mass is 579 g/mol. The first-order valence-corrected chi connectivity index (χ1v) is 12.4. The van der Waals surface area contributed by atoms with E-state index >= 15 is 0 Å². The maximum atomic E-state index is 12.4. The number of halogens is 1. The number of esters is 1. The number of hydrogen-bond acceptors (Lipinski definition) is 7. The zero-order valence-electron chi connectivity index (χ0n) is 21.3. The van der Waals surface area contributed by atoms with Gasteiger partial charge in [0, 0.05) is 24.0 Å². The van der Waals surface area contributed by atoms with E-state index in [9.17, 15) is 9.59 Å². The Labute approximate surface area is 228 Å². The first kappa shape index (κ1) is 26.7. The van der Waals surface area contributed by atoms with Crippen molar-refractivity contribution >= 4 is 34.0 Å². The van der Waals surface area contributed by atoms with Crippen LogP contribution in [-0.2, 0) is 11.4 Å². The minimum atomic E-state index is -0.517. The molecule has 0 fully saturated rings. The first-order valence-electron chi connectivity index (χ1n) is 11.6. The summed E-state index contributed by atoms with van der Waals surface area (Å²) in [5.74, 6) is 0.878. The number of nitrogens with zero attached hydrogens (tertiary/aromatic N) is 2. The fourth-order valence-corrected chi connectivity index (χ4v) is 4.32. The number of amides is 1. The molecule has 1 N–H and O–H groups in total. The highest BCUT2D eigenvalue weighted by molar-refractivity contribution is 9.10.